The summed E-state index contributed by atoms with van der Waals surface area (Å²) in [6.07, 6.45) is 1.69. The molecule has 2 atom stereocenters. The lowest BCUT2D eigenvalue weighted by molar-refractivity contribution is 0.0385. The van der Waals surface area contributed by atoms with E-state index >= 15 is 0 Å². The number of aromatic nitrogens is 2. The van der Waals surface area contributed by atoms with E-state index in [-0.39, 0.29) is 11.6 Å². The second-order valence-corrected chi connectivity index (χ2v) is 8.72. The van der Waals surface area contributed by atoms with Gasteiger partial charge >= 0.3 is 0 Å². The first-order chi connectivity index (χ1) is 16.6. The van der Waals surface area contributed by atoms with Crippen LogP contribution in [0.5, 0.6) is 17.2 Å². The van der Waals surface area contributed by atoms with Crippen molar-refractivity contribution in [3.05, 3.63) is 58.5 Å². The number of nitrogens with one attached hydrogen (secondary N) is 1. The van der Waals surface area contributed by atoms with Gasteiger partial charge in [-0.05, 0) is 42.8 Å². The number of likely N-dealkylation sites (tertiary alicyclic amines) is 1. The second kappa shape index (κ2) is 10.0. The first-order valence-electron chi connectivity index (χ1n) is 11.7. The Bertz CT molecular complexity index is 1210. The molecule has 2 aliphatic heterocycles. The maximum Gasteiger partial charge on any atom is 0.269 e. The van der Waals surface area contributed by atoms with E-state index < -0.39 is 6.10 Å². The van der Waals surface area contributed by atoms with Crippen molar-refractivity contribution >= 4 is 11.0 Å². The summed E-state index contributed by atoms with van der Waals surface area (Å²) in [6, 6.07) is 11.5. The van der Waals surface area contributed by atoms with Gasteiger partial charge < -0.3 is 29.2 Å². The quantitative estimate of drug-likeness (QED) is 0.539. The van der Waals surface area contributed by atoms with Crippen LogP contribution in [0.1, 0.15) is 12.0 Å². The van der Waals surface area contributed by atoms with Crippen LogP contribution in [0, 0.1) is 0 Å². The molecule has 3 heterocycles. The molecule has 2 aliphatic rings. The third-order valence-electron chi connectivity index (χ3n) is 6.53. The molecule has 2 N–H and O–H groups in total. The third kappa shape index (κ3) is 4.86. The zero-order chi connectivity index (χ0) is 23.5. The Labute approximate surface area is 197 Å². The molecule has 0 bridgehead atoms. The van der Waals surface area contributed by atoms with Gasteiger partial charge in [0.05, 0.1) is 30.4 Å². The van der Waals surface area contributed by atoms with E-state index in [1.165, 1.54) is 6.20 Å². The van der Waals surface area contributed by atoms with Gasteiger partial charge in [0.2, 0.25) is 0 Å². The van der Waals surface area contributed by atoms with Crippen LogP contribution < -0.4 is 25.1 Å². The van der Waals surface area contributed by atoms with Gasteiger partial charge in [-0.2, -0.15) is 0 Å². The van der Waals surface area contributed by atoms with Crippen molar-refractivity contribution in [2.24, 2.45) is 0 Å². The minimum absolute atomic E-state index is 0.0122. The van der Waals surface area contributed by atoms with Crippen molar-refractivity contribution in [2.75, 3.05) is 40.0 Å². The van der Waals surface area contributed by atoms with Gasteiger partial charge in [0.1, 0.15) is 19.0 Å². The first kappa shape index (κ1) is 22.6. The average Bonchev–Trinajstić information content (AvgIpc) is 2.87. The Morgan fingerprint density at radius 2 is 2.00 bits per heavy atom. The van der Waals surface area contributed by atoms with Crippen LogP contribution in [-0.2, 0) is 13.1 Å². The van der Waals surface area contributed by atoms with Gasteiger partial charge in [-0.1, -0.05) is 6.07 Å². The largest absolute Gasteiger partial charge is 0.497 e. The highest BCUT2D eigenvalue weighted by Crippen LogP contribution is 2.30. The van der Waals surface area contributed by atoms with E-state index in [9.17, 15) is 9.90 Å². The van der Waals surface area contributed by atoms with E-state index in [0.29, 0.717) is 45.1 Å². The number of hydrogen-bond acceptors (Lipinski definition) is 8. The number of rotatable bonds is 7. The van der Waals surface area contributed by atoms with Crippen LogP contribution in [0.3, 0.4) is 0 Å². The summed E-state index contributed by atoms with van der Waals surface area (Å²) < 4.78 is 18.3. The van der Waals surface area contributed by atoms with Crippen molar-refractivity contribution in [2.45, 2.75) is 31.7 Å². The van der Waals surface area contributed by atoms with Crippen LogP contribution in [-0.4, -0.2) is 71.7 Å². The number of methoxy groups -OCH3 is 1. The molecule has 1 saturated heterocycles. The van der Waals surface area contributed by atoms with Gasteiger partial charge in [-0.15, -0.1) is 0 Å². The molecule has 34 heavy (non-hydrogen) atoms. The highest BCUT2D eigenvalue weighted by molar-refractivity contribution is 5.76. The summed E-state index contributed by atoms with van der Waals surface area (Å²) in [4.78, 5) is 18.9. The number of piperidine rings is 1. The fraction of sp³-hybridized carbons (Fsp3) is 0.440. The van der Waals surface area contributed by atoms with E-state index in [2.05, 4.69) is 15.2 Å². The van der Waals surface area contributed by atoms with Crippen LogP contribution in [0.25, 0.3) is 11.0 Å². The maximum atomic E-state index is 12.5. The minimum atomic E-state index is -0.489. The van der Waals surface area contributed by atoms with E-state index in [1.54, 1.807) is 11.7 Å². The molecule has 9 nitrogen and oxygen atoms in total. The number of nitrogens with zero attached hydrogens (tertiary/aromatic N) is 3. The summed E-state index contributed by atoms with van der Waals surface area (Å²) in [6.45, 7) is 4.39. The summed E-state index contributed by atoms with van der Waals surface area (Å²) in [7, 11) is 1.60. The average molecular weight is 467 g/mol. The SMILES string of the molecule is COc1ccc2ncc(=O)n(CCN3CCC(NCc4ccc5c(c4)OCCO5)C(O)C3)c2c1. The van der Waals surface area contributed by atoms with Crippen molar-refractivity contribution in [1.29, 1.82) is 0 Å². The normalized spacial score (nSPS) is 20.4. The van der Waals surface area contributed by atoms with Crippen LogP contribution in [0.15, 0.2) is 47.4 Å². The third-order valence-corrected chi connectivity index (χ3v) is 6.53. The molecular formula is C25H30N4O5. The predicted octanol–water partition coefficient (Wildman–Crippen LogP) is 1.40. The second-order valence-electron chi connectivity index (χ2n) is 8.72. The molecule has 0 aliphatic carbocycles. The Balaban J connectivity index is 1.17. The molecule has 0 amide bonds. The monoisotopic (exact) mass is 466 g/mol. The van der Waals surface area contributed by atoms with Gasteiger partial charge in [-0.3, -0.25) is 9.69 Å². The van der Waals surface area contributed by atoms with E-state index in [1.807, 2.05) is 36.4 Å². The van der Waals surface area contributed by atoms with Crippen LogP contribution in [0.4, 0.5) is 0 Å². The first-order valence-corrected chi connectivity index (χ1v) is 11.7. The lowest BCUT2D eigenvalue weighted by Gasteiger charge is -2.36. The molecule has 180 valence electrons. The van der Waals surface area contributed by atoms with Gasteiger partial charge in [0, 0.05) is 38.3 Å². The summed E-state index contributed by atoms with van der Waals surface area (Å²) in [5.74, 6) is 2.24. The molecular weight excluding hydrogens is 436 g/mol. The standard InChI is InChI=1S/C25H30N4O5/c1-32-18-3-4-19-21(13-18)29(25(31)15-27-19)9-8-28-7-6-20(22(30)16-28)26-14-17-2-5-23-24(12-17)34-11-10-33-23/h2-5,12-13,15,20,22,26,30H,6-11,14,16H2,1H3. The van der Waals surface area contributed by atoms with Crippen LogP contribution in [0.2, 0.25) is 0 Å². The zero-order valence-corrected chi connectivity index (χ0v) is 19.3. The molecule has 0 radical (unpaired) electrons. The van der Waals surface area contributed by atoms with Gasteiger partial charge in [0.15, 0.2) is 11.5 Å². The fourth-order valence-corrected chi connectivity index (χ4v) is 4.63. The number of hydrogen-bond donors (Lipinski definition) is 2. The van der Waals surface area contributed by atoms with Gasteiger partial charge in [-0.25, -0.2) is 4.98 Å². The van der Waals surface area contributed by atoms with Gasteiger partial charge in [0.25, 0.3) is 5.56 Å². The zero-order valence-electron chi connectivity index (χ0n) is 19.3. The lowest BCUT2D eigenvalue weighted by atomic mass is 10.0. The number of fused-ring (bicyclic) bond motifs is 2. The molecule has 3 aromatic rings. The smallest absolute Gasteiger partial charge is 0.269 e. The summed E-state index contributed by atoms with van der Waals surface area (Å²) in [5, 5.41) is 14.2. The lowest BCUT2D eigenvalue weighted by Crippen LogP contribution is -2.53. The summed E-state index contributed by atoms with van der Waals surface area (Å²) >= 11 is 0. The minimum Gasteiger partial charge on any atom is -0.497 e. The Morgan fingerprint density at radius 3 is 2.82 bits per heavy atom. The molecule has 9 heteroatoms. The van der Waals surface area contributed by atoms with E-state index in [4.69, 9.17) is 14.2 Å². The van der Waals surface area contributed by atoms with E-state index in [0.717, 1.165) is 41.1 Å². The number of aliphatic hydroxyl groups excluding tert-OH is 1. The summed E-state index contributed by atoms with van der Waals surface area (Å²) in [5.41, 5.74) is 2.46. The number of β-amino-alcohol motifs (C(OH)–C–C–N with tert-alkyl or cyclic N) is 1. The van der Waals surface area contributed by atoms with Crippen molar-refractivity contribution in [1.82, 2.24) is 19.8 Å². The molecule has 1 aromatic heterocycles. The topological polar surface area (TPSA) is 98.1 Å². The molecule has 2 aromatic carbocycles. The number of ether oxygens (including phenoxy) is 3. The molecule has 2 unspecified atom stereocenters. The molecule has 0 spiro atoms. The van der Waals surface area contributed by atoms with Crippen LogP contribution >= 0.6 is 0 Å². The number of benzene rings is 2. The Morgan fingerprint density at radius 1 is 1.15 bits per heavy atom. The molecule has 5 rings (SSSR count). The predicted molar refractivity (Wildman–Crippen MR) is 128 cm³/mol. The number of aliphatic hydroxyl groups is 1. The highest BCUT2D eigenvalue weighted by Gasteiger charge is 2.27. The molecule has 0 saturated carbocycles. The Kier molecular flexibility index (Phi) is 6.66. The van der Waals surface area contributed by atoms with Crippen molar-refractivity contribution in [3.63, 3.8) is 0 Å². The molecule has 1 fully saturated rings. The Hall–Kier alpha value is -3.14. The highest BCUT2D eigenvalue weighted by atomic mass is 16.6. The fourth-order valence-electron chi connectivity index (χ4n) is 4.63. The van der Waals surface area contributed by atoms with Crippen molar-refractivity contribution in [3.8, 4) is 17.2 Å². The maximum absolute atomic E-state index is 12.5. The van der Waals surface area contributed by atoms with Crippen molar-refractivity contribution < 1.29 is 19.3 Å².